The van der Waals surface area contributed by atoms with Crippen LogP contribution in [0.1, 0.15) is 71.6 Å². The molecule has 7 atom stereocenters. The summed E-state index contributed by atoms with van der Waals surface area (Å²) in [6.07, 6.45) is 10.5. The second kappa shape index (κ2) is 7.06. The highest BCUT2D eigenvalue weighted by Gasteiger charge is 2.67. The number of nitrogens with one attached hydrogen (secondary N) is 1. The molecule has 1 heterocycles. The third kappa shape index (κ3) is 2.99. The summed E-state index contributed by atoms with van der Waals surface area (Å²) in [5, 5.41) is 16.5. The third-order valence-electron chi connectivity index (χ3n) is 10.1. The first-order chi connectivity index (χ1) is 14.7. The summed E-state index contributed by atoms with van der Waals surface area (Å²) in [6, 6.07) is -0.612. The number of cyclic esters (lactones) is 1. The lowest BCUT2D eigenvalue weighted by Gasteiger charge is -2.63. The Morgan fingerprint density at radius 1 is 1.19 bits per heavy atom. The van der Waals surface area contributed by atoms with E-state index in [0.29, 0.717) is 24.4 Å². The van der Waals surface area contributed by atoms with Crippen molar-refractivity contribution in [1.82, 2.24) is 5.43 Å². The molecule has 1 aliphatic heterocycles. The molecule has 7 heteroatoms. The number of hydrazone groups is 1. The normalized spacial score (nSPS) is 47.8. The van der Waals surface area contributed by atoms with Gasteiger partial charge < -0.3 is 15.6 Å². The van der Waals surface area contributed by atoms with Crippen molar-refractivity contribution in [3.05, 3.63) is 11.6 Å². The van der Waals surface area contributed by atoms with Crippen molar-refractivity contribution >= 4 is 17.7 Å². The van der Waals surface area contributed by atoms with Crippen LogP contribution in [0.4, 0.5) is 4.79 Å². The van der Waals surface area contributed by atoms with Gasteiger partial charge in [0.15, 0.2) is 0 Å². The molecule has 0 unspecified atom stereocenters. The van der Waals surface area contributed by atoms with Gasteiger partial charge in [-0.05, 0) is 92.4 Å². The number of aliphatic hydroxyl groups is 1. The highest BCUT2D eigenvalue weighted by molar-refractivity contribution is 5.87. The Balaban J connectivity index is 1.39. The number of nitrogens with zero attached hydrogens (tertiary/aromatic N) is 1. The number of fused-ring (bicyclic) bond motifs is 5. The molecule has 7 nitrogen and oxygen atoms in total. The molecule has 0 saturated heterocycles. The Bertz CT molecular complexity index is 869. The van der Waals surface area contributed by atoms with Crippen LogP contribution in [0.2, 0.25) is 0 Å². The Kier molecular flexibility index (Phi) is 4.78. The van der Waals surface area contributed by atoms with Gasteiger partial charge in [0.2, 0.25) is 0 Å². The summed E-state index contributed by atoms with van der Waals surface area (Å²) in [6.45, 7) is 5.09. The van der Waals surface area contributed by atoms with Crippen LogP contribution in [0.3, 0.4) is 0 Å². The molecule has 170 valence electrons. The van der Waals surface area contributed by atoms with Crippen LogP contribution in [-0.2, 0) is 9.53 Å². The monoisotopic (exact) mass is 429 g/mol. The zero-order chi connectivity index (χ0) is 22.0. The Hall–Kier alpha value is -1.89. The van der Waals surface area contributed by atoms with E-state index in [4.69, 9.17) is 10.5 Å². The predicted molar refractivity (Wildman–Crippen MR) is 116 cm³/mol. The number of hydrogen-bond donors (Lipinski definition) is 3. The lowest BCUT2D eigenvalue weighted by Crippen LogP contribution is -2.62. The fourth-order valence-electron chi connectivity index (χ4n) is 8.45. The van der Waals surface area contributed by atoms with Crippen LogP contribution in [0, 0.1) is 34.5 Å². The Labute approximate surface area is 183 Å². The minimum absolute atomic E-state index is 0.190. The molecule has 4 fully saturated rings. The lowest BCUT2D eigenvalue weighted by molar-refractivity contribution is -0.200. The third-order valence-corrected chi connectivity index (χ3v) is 10.1. The number of esters is 1. The van der Waals surface area contributed by atoms with Gasteiger partial charge in [-0.3, -0.25) is 0 Å². The van der Waals surface area contributed by atoms with Crippen LogP contribution in [0.25, 0.3) is 0 Å². The van der Waals surface area contributed by atoms with Crippen LogP contribution < -0.4 is 11.2 Å². The molecule has 4 N–H and O–H groups in total. The molecule has 31 heavy (non-hydrogen) atoms. The summed E-state index contributed by atoms with van der Waals surface area (Å²) in [7, 11) is 0. The van der Waals surface area contributed by atoms with E-state index in [1.165, 1.54) is 0 Å². The first-order valence-electron chi connectivity index (χ1n) is 11.9. The molecular formula is C24H35N3O4. The van der Waals surface area contributed by atoms with Gasteiger partial charge in [-0.1, -0.05) is 13.8 Å². The van der Waals surface area contributed by atoms with Crippen molar-refractivity contribution in [3.63, 3.8) is 0 Å². The van der Waals surface area contributed by atoms with Crippen molar-refractivity contribution in [2.24, 2.45) is 45.3 Å². The standard InChI is InChI=1S/C24H35N3O4/c1-22-8-5-16(26-27-21(25)29)12-15(22)3-4-19-18(22)6-9-23(2)17(7-10-24(19,23)30)14-11-20(28)31-13-14/h11,15,17-19,30H,3-10,12-13H2,1-2H3,(H3,25,27,29)/t15-,17-,18+,19-,22+,23-,24+/m1/s1. The van der Waals surface area contributed by atoms with E-state index in [0.717, 1.165) is 69.1 Å². The quantitative estimate of drug-likeness (QED) is 0.462. The lowest BCUT2D eigenvalue weighted by atomic mass is 9.43. The highest BCUT2D eigenvalue weighted by Crippen LogP contribution is 2.69. The molecule has 2 amide bonds. The second-order valence-electron chi connectivity index (χ2n) is 11.1. The number of rotatable bonds is 2. The molecule has 0 aromatic heterocycles. The number of carbonyl (C=O) groups is 2. The average molecular weight is 430 g/mol. The number of nitrogens with two attached hydrogens (primary N) is 1. The average Bonchev–Trinajstić information content (AvgIpc) is 3.26. The van der Waals surface area contributed by atoms with Crippen molar-refractivity contribution in [1.29, 1.82) is 0 Å². The summed E-state index contributed by atoms with van der Waals surface area (Å²) < 4.78 is 5.22. The smallest absolute Gasteiger partial charge is 0.332 e. The summed E-state index contributed by atoms with van der Waals surface area (Å²) in [4.78, 5) is 22.7. The fraction of sp³-hybridized carbons (Fsp3) is 0.792. The van der Waals surface area contributed by atoms with Gasteiger partial charge in [0.1, 0.15) is 6.61 Å². The molecular weight excluding hydrogens is 394 g/mol. The van der Waals surface area contributed by atoms with Gasteiger partial charge in [0.25, 0.3) is 0 Å². The zero-order valence-electron chi connectivity index (χ0n) is 18.7. The van der Waals surface area contributed by atoms with E-state index in [9.17, 15) is 14.7 Å². The van der Waals surface area contributed by atoms with Crippen LogP contribution >= 0.6 is 0 Å². The number of ether oxygens (including phenoxy) is 1. The van der Waals surface area contributed by atoms with Crippen molar-refractivity contribution in [2.45, 2.75) is 77.2 Å². The SMILES string of the molecule is C[C@]12CCC(=NNC(N)=O)C[C@H]1CC[C@@H]1[C@@H]2CC[C@]2(C)[C@@H](C3=CC(=O)OC3)CC[C@]12O. The van der Waals surface area contributed by atoms with Crippen molar-refractivity contribution < 1.29 is 19.4 Å². The fourth-order valence-corrected chi connectivity index (χ4v) is 8.45. The molecule has 4 saturated carbocycles. The number of urea groups is 1. The Morgan fingerprint density at radius 3 is 2.71 bits per heavy atom. The predicted octanol–water partition coefficient (Wildman–Crippen LogP) is 3.27. The van der Waals surface area contributed by atoms with Crippen LogP contribution in [0.15, 0.2) is 16.8 Å². The van der Waals surface area contributed by atoms with Gasteiger partial charge in [-0.15, -0.1) is 0 Å². The topological polar surface area (TPSA) is 114 Å². The summed E-state index contributed by atoms with van der Waals surface area (Å²) in [5.41, 5.74) is 9.03. The maximum Gasteiger partial charge on any atom is 0.332 e. The second-order valence-corrected chi connectivity index (χ2v) is 11.1. The zero-order valence-corrected chi connectivity index (χ0v) is 18.7. The van der Waals surface area contributed by atoms with Crippen molar-refractivity contribution in [2.75, 3.05) is 6.61 Å². The Morgan fingerprint density at radius 2 is 2.00 bits per heavy atom. The van der Waals surface area contributed by atoms with E-state index >= 15 is 0 Å². The van der Waals surface area contributed by atoms with Gasteiger partial charge in [0.05, 0.1) is 5.60 Å². The maximum atomic E-state index is 12.2. The van der Waals surface area contributed by atoms with Crippen LogP contribution in [0.5, 0.6) is 0 Å². The highest BCUT2D eigenvalue weighted by atomic mass is 16.5. The minimum atomic E-state index is -0.678. The van der Waals surface area contributed by atoms with E-state index < -0.39 is 11.6 Å². The molecule has 4 aliphatic carbocycles. The molecule has 0 radical (unpaired) electrons. The number of primary amides is 1. The number of amides is 2. The molecule has 0 aromatic carbocycles. The van der Waals surface area contributed by atoms with E-state index in [1.54, 1.807) is 6.08 Å². The molecule has 5 rings (SSSR count). The molecule has 0 aromatic rings. The first-order valence-corrected chi connectivity index (χ1v) is 11.9. The van der Waals surface area contributed by atoms with Crippen LogP contribution in [-0.4, -0.2) is 35.0 Å². The maximum absolute atomic E-state index is 12.2. The van der Waals surface area contributed by atoms with E-state index in [2.05, 4.69) is 24.4 Å². The van der Waals surface area contributed by atoms with E-state index in [1.807, 2.05) is 0 Å². The molecule has 0 bridgehead atoms. The van der Waals surface area contributed by atoms with Gasteiger partial charge in [-0.25, -0.2) is 15.0 Å². The number of hydrogen-bond acceptors (Lipinski definition) is 5. The van der Waals surface area contributed by atoms with Gasteiger partial charge in [-0.2, -0.15) is 5.10 Å². The van der Waals surface area contributed by atoms with E-state index in [-0.39, 0.29) is 22.7 Å². The summed E-state index contributed by atoms with van der Waals surface area (Å²) in [5.74, 6) is 1.34. The molecule has 5 aliphatic rings. The minimum Gasteiger partial charge on any atom is -0.458 e. The van der Waals surface area contributed by atoms with Crippen molar-refractivity contribution in [3.8, 4) is 0 Å². The van der Waals surface area contributed by atoms with Gasteiger partial charge in [0, 0.05) is 17.2 Å². The largest absolute Gasteiger partial charge is 0.458 e. The first kappa shape index (κ1) is 21.0. The summed E-state index contributed by atoms with van der Waals surface area (Å²) >= 11 is 0. The molecule has 0 spiro atoms. The number of carbonyl (C=O) groups excluding carboxylic acids is 2. The van der Waals surface area contributed by atoms with Gasteiger partial charge >= 0.3 is 12.0 Å².